The lowest BCUT2D eigenvalue weighted by atomic mass is 10.1. The van der Waals surface area contributed by atoms with E-state index in [4.69, 9.17) is 5.73 Å². The predicted octanol–water partition coefficient (Wildman–Crippen LogP) is 2.20. The molecule has 2 aromatic heterocycles. The number of nitrogen functional groups attached to an aromatic ring is 1. The highest BCUT2D eigenvalue weighted by atomic mass is 32.1. The van der Waals surface area contributed by atoms with E-state index in [-0.39, 0.29) is 11.7 Å². The molecule has 0 aliphatic heterocycles. The summed E-state index contributed by atoms with van der Waals surface area (Å²) < 4.78 is 0. The number of thiazole rings is 1. The van der Waals surface area contributed by atoms with Crippen LogP contribution in [0.25, 0.3) is 10.7 Å². The molecule has 0 fully saturated rings. The lowest BCUT2D eigenvalue weighted by Gasteiger charge is -2.05. The fourth-order valence-electron chi connectivity index (χ4n) is 1.36. The first-order valence-corrected chi connectivity index (χ1v) is 5.86. The molecule has 0 aliphatic carbocycles. The van der Waals surface area contributed by atoms with E-state index in [2.05, 4.69) is 15.2 Å². The minimum atomic E-state index is -0.00852. The first-order valence-electron chi connectivity index (χ1n) is 5.04. The maximum absolute atomic E-state index is 11.9. The smallest absolute Gasteiger partial charge is 0.177 e. The highest BCUT2D eigenvalue weighted by Gasteiger charge is 2.20. The van der Waals surface area contributed by atoms with Gasteiger partial charge in [-0.05, 0) is 6.92 Å². The molecule has 0 atom stereocenters. The van der Waals surface area contributed by atoms with E-state index in [1.54, 1.807) is 0 Å². The monoisotopic (exact) mass is 238 g/mol. The summed E-state index contributed by atoms with van der Waals surface area (Å²) >= 11 is 1.38. The Labute approximate surface area is 97.1 Å². The van der Waals surface area contributed by atoms with E-state index in [9.17, 15) is 4.79 Å². The summed E-state index contributed by atoms with van der Waals surface area (Å²) in [5, 5.41) is 6.35. The molecule has 5 nitrogen and oxygen atoms in total. The van der Waals surface area contributed by atoms with Gasteiger partial charge in [0.1, 0.15) is 16.5 Å². The lowest BCUT2D eigenvalue weighted by Crippen LogP contribution is -2.06. The molecule has 0 aromatic carbocycles. The van der Waals surface area contributed by atoms with Crippen LogP contribution in [0.1, 0.15) is 29.2 Å². The Hall–Kier alpha value is -1.56. The van der Waals surface area contributed by atoms with Crippen molar-refractivity contribution in [1.29, 1.82) is 0 Å². The number of anilines is 1. The zero-order valence-electron chi connectivity index (χ0n) is 9.42. The van der Waals surface area contributed by atoms with Crippen LogP contribution in [-0.4, -0.2) is 21.0 Å². The third-order valence-electron chi connectivity index (χ3n) is 2.35. The van der Waals surface area contributed by atoms with Crippen molar-refractivity contribution >= 4 is 22.9 Å². The van der Waals surface area contributed by atoms with E-state index < -0.39 is 0 Å². The molecule has 0 unspecified atom stereocenters. The van der Waals surface area contributed by atoms with Crippen molar-refractivity contribution in [3.05, 3.63) is 10.6 Å². The number of rotatable bonds is 3. The summed E-state index contributed by atoms with van der Waals surface area (Å²) in [5.74, 6) is 0.691. The number of nitrogens with two attached hydrogens (primary N) is 1. The highest BCUT2D eigenvalue weighted by Crippen LogP contribution is 2.31. The van der Waals surface area contributed by atoms with Gasteiger partial charge in [-0.25, -0.2) is 4.98 Å². The number of H-pyrrole nitrogens is 2. The number of hydrogen-bond donors (Lipinski definition) is 3. The van der Waals surface area contributed by atoms with Gasteiger partial charge in [-0.2, -0.15) is 0 Å². The van der Waals surface area contributed by atoms with Crippen LogP contribution < -0.4 is 5.73 Å². The molecule has 86 valence electrons. The van der Waals surface area contributed by atoms with Crippen LogP contribution in [0.15, 0.2) is 0 Å². The molecule has 2 aromatic rings. The number of carbonyl (C=O) groups is 1. The molecule has 6 heteroatoms. The first kappa shape index (κ1) is 10.9. The van der Waals surface area contributed by atoms with E-state index in [1.807, 2.05) is 20.8 Å². The van der Waals surface area contributed by atoms with E-state index in [1.165, 1.54) is 11.3 Å². The maximum Gasteiger partial charge on any atom is 0.177 e. The Kier molecular flexibility index (Phi) is 2.59. The van der Waals surface area contributed by atoms with Gasteiger partial charge >= 0.3 is 0 Å². The van der Waals surface area contributed by atoms with Crippen molar-refractivity contribution in [2.75, 3.05) is 5.73 Å². The Balaban J connectivity index is 2.38. The van der Waals surface area contributed by atoms with E-state index in [0.29, 0.717) is 5.82 Å². The average molecular weight is 238 g/mol. The molecule has 0 aliphatic rings. The molecular weight excluding hydrogens is 224 g/mol. The molecule has 0 spiro atoms. The van der Waals surface area contributed by atoms with Crippen LogP contribution in [0.4, 0.5) is 5.82 Å². The zero-order valence-corrected chi connectivity index (χ0v) is 10.2. The molecule has 0 saturated heterocycles. The fraction of sp³-hybridized carbons (Fsp3) is 0.400. The SMILES string of the molecule is Cc1nc(-c2[nH][nH]c2N)sc1C(=O)C(C)C. The minimum Gasteiger partial charge on any atom is -0.382 e. The standard InChI is InChI=1S/C10H14N4OS/c1-4(2)7(15)8-5(3)12-10(16-8)6-9(11)14-13-6/h4,13-14H,11H2,1-3H3. The summed E-state index contributed by atoms with van der Waals surface area (Å²) in [5.41, 5.74) is 7.18. The zero-order chi connectivity index (χ0) is 11.9. The number of nitrogens with one attached hydrogen (secondary N) is 2. The topological polar surface area (TPSA) is 87.6 Å². The second-order valence-electron chi connectivity index (χ2n) is 3.99. The van der Waals surface area contributed by atoms with Crippen molar-refractivity contribution < 1.29 is 4.79 Å². The van der Waals surface area contributed by atoms with Gasteiger partial charge < -0.3 is 5.73 Å². The van der Waals surface area contributed by atoms with Crippen molar-refractivity contribution in [1.82, 2.24) is 15.2 Å². The normalized spacial score (nSPS) is 11.2. The molecule has 0 amide bonds. The number of carbonyl (C=O) groups excluding carboxylic acids is 1. The van der Waals surface area contributed by atoms with Crippen LogP contribution in [0.5, 0.6) is 0 Å². The Morgan fingerprint density at radius 3 is 2.56 bits per heavy atom. The number of aromatic amines is 2. The molecule has 4 N–H and O–H groups in total. The number of Topliss-reactive ketones (excluding diaryl/α,β-unsaturated/α-hetero) is 1. The predicted molar refractivity (Wildman–Crippen MR) is 64.6 cm³/mol. The van der Waals surface area contributed by atoms with Crippen LogP contribution in [0.3, 0.4) is 0 Å². The second kappa shape index (κ2) is 3.79. The van der Waals surface area contributed by atoms with Crippen LogP contribution >= 0.6 is 11.3 Å². The van der Waals surface area contributed by atoms with Gasteiger partial charge in [0.2, 0.25) is 0 Å². The Bertz CT molecular complexity index is 520. The number of hydrogen-bond acceptors (Lipinski definition) is 4. The van der Waals surface area contributed by atoms with Crippen molar-refractivity contribution in [3.8, 4) is 10.7 Å². The van der Waals surface area contributed by atoms with Crippen LogP contribution in [-0.2, 0) is 0 Å². The summed E-state index contributed by atoms with van der Waals surface area (Å²) in [7, 11) is 0. The van der Waals surface area contributed by atoms with Crippen molar-refractivity contribution in [3.63, 3.8) is 0 Å². The van der Waals surface area contributed by atoms with Crippen molar-refractivity contribution in [2.24, 2.45) is 5.92 Å². The van der Waals surface area contributed by atoms with Gasteiger partial charge in [0.05, 0.1) is 10.6 Å². The van der Waals surface area contributed by atoms with Gasteiger partial charge in [0, 0.05) is 5.92 Å². The Morgan fingerprint density at radius 1 is 1.44 bits per heavy atom. The quantitative estimate of drug-likeness (QED) is 0.716. The number of nitrogens with zero attached hydrogens (tertiary/aromatic N) is 1. The third-order valence-corrected chi connectivity index (χ3v) is 3.54. The summed E-state index contributed by atoms with van der Waals surface area (Å²) in [6.45, 7) is 5.62. The molecule has 2 rings (SSSR count). The van der Waals surface area contributed by atoms with Gasteiger partial charge in [-0.3, -0.25) is 15.0 Å². The fourth-order valence-corrected chi connectivity index (χ4v) is 2.53. The van der Waals surface area contributed by atoms with Crippen LogP contribution in [0.2, 0.25) is 0 Å². The molecule has 2 heterocycles. The van der Waals surface area contributed by atoms with Crippen LogP contribution in [0, 0.1) is 12.8 Å². The highest BCUT2D eigenvalue weighted by molar-refractivity contribution is 7.17. The summed E-state index contributed by atoms with van der Waals surface area (Å²) in [4.78, 5) is 16.9. The van der Waals surface area contributed by atoms with Gasteiger partial charge in [0.25, 0.3) is 0 Å². The van der Waals surface area contributed by atoms with E-state index in [0.717, 1.165) is 21.3 Å². The van der Waals surface area contributed by atoms with Gasteiger partial charge in [-0.1, -0.05) is 13.8 Å². The molecule has 0 radical (unpaired) electrons. The minimum absolute atomic E-state index is 0.00852. The largest absolute Gasteiger partial charge is 0.382 e. The number of aromatic nitrogens is 3. The molecule has 0 bridgehead atoms. The number of ketones is 1. The van der Waals surface area contributed by atoms with Gasteiger partial charge in [-0.15, -0.1) is 11.3 Å². The average Bonchev–Trinajstić information content (AvgIpc) is 2.56. The summed E-state index contributed by atoms with van der Waals surface area (Å²) in [6, 6.07) is 0. The molecule has 0 saturated carbocycles. The second-order valence-corrected chi connectivity index (χ2v) is 4.99. The summed E-state index contributed by atoms with van der Waals surface area (Å²) in [6.07, 6.45) is 0. The Morgan fingerprint density at radius 2 is 2.12 bits per heavy atom. The van der Waals surface area contributed by atoms with Crippen molar-refractivity contribution in [2.45, 2.75) is 20.8 Å². The number of aryl methyl sites for hydroxylation is 1. The third kappa shape index (κ3) is 1.65. The first-order chi connectivity index (χ1) is 7.50. The molecular formula is C10H14N4OS. The van der Waals surface area contributed by atoms with E-state index >= 15 is 0 Å². The maximum atomic E-state index is 11.9. The lowest BCUT2D eigenvalue weighted by molar-refractivity contribution is 0.0942. The van der Waals surface area contributed by atoms with Gasteiger partial charge in [0.15, 0.2) is 5.78 Å². The molecule has 16 heavy (non-hydrogen) atoms.